The van der Waals surface area contributed by atoms with E-state index in [0.717, 1.165) is 22.2 Å². The number of aryl methyl sites for hydroxylation is 3. The second-order valence-electron chi connectivity index (χ2n) is 6.70. The first-order chi connectivity index (χ1) is 12.5. The normalized spacial score (nSPS) is 10.9. The maximum atomic E-state index is 12.9. The fraction of sp³-hybridized carbons (Fsp3) is 0.273. The molecule has 3 aromatic rings. The van der Waals surface area contributed by atoms with Crippen LogP contribution >= 0.6 is 11.8 Å². The van der Waals surface area contributed by atoms with Crippen molar-refractivity contribution in [1.29, 1.82) is 0 Å². The van der Waals surface area contributed by atoms with Gasteiger partial charge in [0.05, 0.1) is 0 Å². The molecule has 0 N–H and O–H groups in total. The van der Waals surface area contributed by atoms with Gasteiger partial charge in [-0.25, -0.2) is 4.98 Å². The number of benzene rings is 2. The molecule has 3 rings (SSSR count). The smallest absolute Gasteiger partial charge is 0.257 e. The van der Waals surface area contributed by atoms with Gasteiger partial charge in [0.2, 0.25) is 0 Å². The Morgan fingerprint density at radius 2 is 1.81 bits per heavy atom. The van der Waals surface area contributed by atoms with Crippen molar-refractivity contribution in [2.75, 3.05) is 0 Å². The molecule has 1 heterocycles. The summed E-state index contributed by atoms with van der Waals surface area (Å²) in [4.78, 5) is 17.6. The summed E-state index contributed by atoms with van der Waals surface area (Å²) in [7, 11) is 1.81. The summed E-state index contributed by atoms with van der Waals surface area (Å²) in [5.41, 5.74) is 6.51. The highest BCUT2D eigenvalue weighted by Crippen LogP contribution is 2.22. The molecule has 0 unspecified atom stereocenters. The van der Waals surface area contributed by atoms with Crippen LogP contribution in [-0.2, 0) is 19.2 Å². The molecule has 0 saturated carbocycles. The van der Waals surface area contributed by atoms with Gasteiger partial charge in [-0.05, 0) is 37.5 Å². The van der Waals surface area contributed by atoms with E-state index >= 15 is 0 Å². The van der Waals surface area contributed by atoms with Crippen molar-refractivity contribution in [1.82, 2.24) is 9.55 Å². The van der Waals surface area contributed by atoms with Gasteiger partial charge in [0.1, 0.15) is 0 Å². The summed E-state index contributed by atoms with van der Waals surface area (Å²) in [5, 5.41) is 0.766. The summed E-state index contributed by atoms with van der Waals surface area (Å²) < 4.78 is 1.68. The molecular weight excluding hydrogens is 340 g/mol. The third-order valence-corrected chi connectivity index (χ3v) is 5.73. The molecule has 0 saturated heterocycles. The molecule has 26 heavy (non-hydrogen) atoms. The second kappa shape index (κ2) is 7.92. The van der Waals surface area contributed by atoms with Crippen LogP contribution in [-0.4, -0.2) is 9.55 Å². The molecule has 1 aromatic heterocycles. The van der Waals surface area contributed by atoms with Crippen LogP contribution in [0, 0.1) is 20.8 Å². The molecule has 2 aromatic carbocycles. The van der Waals surface area contributed by atoms with Crippen LogP contribution in [0.2, 0.25) is 0 Å². The van der Waals surface area contributed by atoms with Crippen LogP contribution in [0.4, 0.5) is 0 Å². The Morgan fingerprint density at radius 1 is 1.04 bits per heavy atom. The number of nitrogens with zero attached hydrogens (tertiary/aromatic N) is 2. The fourth-order valence-electron chi connectivity index (χ4n) is 3.01. The molecule has 0 amide bonds. The lowest BCUT2D eigenvalue weighted by Crippen LogP contribution is -2.26. The Labute approximate surface area is 159 Å². The molecule has 0 spiro atoms. The Morgan fingerprint density at radius 3 is 2.54 bits per heavy atom. The van der Waals surface area contributed by atoms with E-state index in [2.05, 4.69) is 50.2 Å². The van der Waals surface area contributed by atoms with Gasteiger partial charge in [-0.15, -0.1) is 0 Å². The van der Waals surface area contributed by atoms with Crippen molar-refractivity contribution in [3.63, 3.8) is 0 Å². The number of aromatic nitrogens is 2. The van der Waals surface area contributed by atoms with Crippen LogP contribution in [0.15, 0.2) is 58.5 Å². The fourth-order valence-corrected chi connectivity index (χ4v) is 3.96. The average molecular weight is 365 g/mol. The quantitative estimate of drug-likeness (QED) is 0.491. The average Bonchev–Trinajstić information content (AvgIpc) is 2.62. The number of rotatable bonds is 5. The summed E-state index contributed by atoms with van der Waals surface area (Å²) in [5.74, 6) is 0.804. The lowest BCUT2D eigenvalue weighted by atomic mass is 10.0. The molecule has 4 heteroatoms. The highest BCUT2D eigenvalue weighted by molar-refractivity contribution is 7.98. The molecule has 0 bridgehead atoms. The molecular formula is C22H24N2OS. The number of thioether (sulfide) groups is 1. The summed E-state index contributed by atoms with van der Waals surface area (Å²) in [6, 6.07) is 16.6. The SMILES string of the molecule is Cc1cccc(CSc2nc(C)c(Cc3ccccc3C)c(=O)n2C)c1. The first-order valence-electron chi connectivity index (χ1n) is 8.75. The zero-order valence-corrected chi connectivity index (χ0v) is 16.6. The van der Waals surface area contributed by atoms with E-state index in [1.807, 2.05) is 26.1 Å². The van der Waals surface area contributed by atoms with Gasteiger partial charge in [0, 0.05) is 30.5 Å². The van der Waals surface area contributed by atoms with Gasteiger partial charge in [0.25, 0.3) is 5.56 Å². The van der Waals surface area contributed by atoms with E-state index in [4.69, 9.17) is 4.98 Å². The molecule has 0 atom stereocenters. The van der Waals surface area contributed by atoms with Crippen LogP contribution in [0.25, 0.3) is 0 Å². The van der Waals surface area contributed by atoms with E-state index in [1.165, 1.54) is 22.3 Å². The third kappa shape index (κ3) is 4.07. The minimum atomic E-state index is 0.0486. The zero-order chi connectivity index (χ0) is 18.7. The highest BCUT2D eigenvalue weighted by Gasteiger charge is 2.14. The standard InChI is InChI=1S/C22H24N2OS/c1-15-8-7-10-18(12-15)14-26-22-23-17(3)20(21(25)24(22)4)13-19-11-6-5-9-16(19)2/h5-12H,13-14H2,1-4H3. The van der Waals surface area contributed by atoms with Crippen molar-refractivity contribution in [3.8, 4) is 0 Å². The van der Waals surface area contributed by atoms with E-state index in [1.54, 1.807) is 16.3 Å². The molecule has 0 radical (unpaired) electrons. The Kier molecular flexibility index (Phi) is 5.62. The van der Waals surface area contributed by atoms with Crippen molar-refractivity contribution >= 4 is 11.8 Å². The van der Waals surface area contributed by atoms with Crippen molar-refractivity contribution in [2.24, 2.45) is 7.05 Å². The van der Waals surface area contributed by atoms with Gasteiger partial charge in [-0.1, -0.05) is 65.9 Å². The van der Waals surface area contributed by atoms with Gasteiger partial charge in [-0.2, -0.15) is 0 Å². The van der Waals surface area contributed by atoms with Crippen LogP contribution in [0.1, 0.15) is 33.5 Å². The maximum Gasteiger partial charge on any atom is 0.257 e. The lowest BCUT2D eigenvalue weighted by Gasteiger charge is -2.13. The van der Waals surface area contributed by atoms with Crippen molar-refractivity contribution in [3.05, 3.63) is 92.4 Å². The summed E-state index contributed by atoms with van der Waals surface area (Å²) in [6.07, 6.45) is 0.626. The molecule has 3 nitrogen and oxygen atoms in total. The third-order valence-electron chi connectivity index (χ3n) is 4.63. The second-order valence-corrected chi connectivity index (χ2v) is 7.65. The van der Waals surface area contributed by atoms with E-state index in [-0.39, 0.29) is 5.56 Å². The van der Waals surface area contributed by atoms with Gasteiger partial charge >= 0.3 is 0 Å². The maximum absolute atomic E-state index is 12.9. The van der Waals surface area contributed by atoms with Gasteiger partial charge in [0.15, 0.2) is 5.16 Å². The van der Waals surface area contributed by atoms with Gasteiger partial charge < -0.3 is 0 Å². The molecule has 0 aliphatic carbocycles. The lowest BCUT2D eigenvalue weighted by molar-refractivity contribution is 0.683. The molecule has 0 fully saturated rings. The Bertz CT molecular complexity index is 992. The molecule has 0 aliphatic heterocycles. The van der Waals surface area contributed by atoms with Crippen LogP contribution in [0.3, 0.4) is 0 Å². The summed E-state index contributed by atoms with van der Waals surface area (Å²) >= 11 is 1.61. The number of hydrogen-bond donors (Lipinski definition) is 0. The largest absolute Gasteiger partial charge is 0.291 e. The van der Waals surface area contributed by atoms with E-state index < -0.39 is 0 Å². The first kappa shape index (κ1) is 18.5. The summed E-state index contributed by atoms with van der Waals surface area (Å²) in [6.45, 7) is 6.10. The van der Waals surface area contributed by atoms with E-state index in [9.17, 15) is 4.79 Å². The van der Waals surface area contributed by atoms with E-state index in [0.29, 0.717) is 6.42 Å². The van der Waals surface area contributed by atoms with Crippen molar-refractivity contribution < 1.29 is 0 Å². The highest BCUT2D eigenvalue weighted by atomic mass is 32.2. The first-order valence-corrected chi connectivity index (χ1v) is 9.73. The minimum absolute atomic E-state index is 0.0486. The van der Waals surface area contributed by atoms with Gasteiger partial charge in [-0.3, -0.25) is 9.36 Å². The predicted octanol–water partition coefficient (Wildman–Crippen LogP) is 4.59. The molecule has 134 valence electrons. The minimum Gasteiger partial charge on any atom is -0.291 e. The number of hydrogen-bond acceptors (Lipinski definition) is 3. The zero-order valence-electron chi connectivity index (χ0n) is 15.7. The monoisotopic (exact) mass is 364 g/mol. The topological polar surface area (TPSA) is 34.9 Å². The Hall–Kier alpha value is -2.33. The van der Waals surface area contributed by atoms with Crippen LogP contribution in [0.5, 0.6) is 0 Å². The Balaban J connectivity index is 1.86. The van der Waals surface area contributed by atoms with Crippen LogP contribution < -0.4 is 5.56 Å². The molecule has 0 aliphatic rings. The van der Waals surface area contributed by atoms with Crippen molar-refractivity contribution in [2.45, 2.75) is 38.1 Å². The predicted molar refractivity (Wildman–Crippen MR) is 109 cm³/mol.